The van der Waals surface area contributed by atoms with Crippen LogP contribution in [0.25, 0.3) is 0 Å². The van der Waals surface area contributed by atoms with Crippen molar-refractivity contribution >= 4 is 21.4 Å². The molecule has 6 heteroatoms. The van der Waals surface area contributed by atoms with E-state index in [1.807, 2.05) is 0 Å². The zero-order valence-electron chi connectivity index (χ0n) is 12.5. The van der Waals surface area contributed by atoms with Crippen molar-refractivity contribution in [1.29, 1.82) is 0 Å². The van der Waals surface area contributed by atoms with Crippen molar-refractivity contribution < 1.29 is 8.42 Å². The molecule has 0 spiro atoms. The lowest BCUT2D eigenvalue weighted by molar-refractivity contribution is 0.313. The number of nitrogen functional groups attached to an aromatic ring is 1. The van der Waals surface area contributed by atoms with Crippen LogP contribution in [-0.2, 0) is 10.0 Å². The predicted molar refractivity (Wildman–Crippen MR) is 86.5 cm³/mol. The maximum absolute atomic E-state index is 11.4. The third-order valence-electron chi connectivity index (χ3n) is 4.33. The highest BCUT2D eigenvalue weighted by molar-refractivity contribution is 7.89. The van der Waals surface area contributed by atoms with E-state index in [1.165, 1.54) is 38.2 Å². The van der Waals surface area contributed by atoms with Crippen molar-refractivity contribution in [2.75, 3.05) is 11.1 Å². The molecule has 5 nitrogen and oxygen atoms in total. The van der Waals surface area contributed by atoms with Gasteiger partial charge in [-0.05, 0) is 43.4 Å². The Morgan fingerprint density at radius 3 is 2.48 bits per heavy atom. The first kappa shape index (κ1) is 16.1. The summed E-state index contributed by atoms with van der Waals surface area (Å²) in [6.07, 6.45) is 7.50. The zero-order chi connectivity index (χ0) is 15.5. The standard InChI is InChI=1S/C15H25N3O2S/c1-2-14(11-6-4-3-5-7-11)18-12-8-9-15(13(16)10-12)21(17,19)20/h8-11,14,18H,2-7,16H2,1H3,(H2,17,19,20). The van der Waals surface area contributed by atoms with Gasteiger partial charge in [-0.1, -0.05) is 26.2 Å². The number of sulfonamides is 1. The Balaban J connectivity index is 2.13. The quantitative estimate of drug-likeness (QED) is 0.728. The smallest absolute Gasteiger partial charge is 0.240 e. The minimum absolute atomic E-state index is 0.0150. The second-order valence-electron chi connectivity index (χ2n) is 5.85. The van der Waals surface area contributed by atoms with Crippen LogP contribution < -0.4 is 16.2 Å². The normalized spacial score (nSPS) is 18.4. The van der Waals surface area contributed by atoms with E-state index in [2.05, 4.69) is 12.2 Å². The molecule has 0 saturated heterocycles. The Kier molecular flexibility index (Phi) is 5.11. The fourth-order valence-electron chi connectivity index (χ4n) is 3.20. The fraction of sp³-hybridized carbons (Fsp3) is 0.600. The molecule has 1 saturated carbocycles. The molecule has 2 rings (SSSR count). The van der Waals surface area contributed by atoms with E-state index >= 15 is 0 Å². The molecular weight excluding hydrogens is 286 g/mol. The molecule has 118 valence electrons. The van der Waals surface area contributed by atoms with Crippen molar-refractivity contribution in [2.45, 2.75) is 56.4 Å². The number of nitrogens with one attached hydrogen (secondary N) is 1. The summed E-state index contributed by atoms with van der Waals surface area (Å²) in [7, 11) is -3.76. The first-order valence-corrected chi connectivity index (χ1v) is 9.15. The van der Waals surface area contributed by atoms with Crippen molar-refractivity contribution in [3.05, 3.63) is 18.2 Å². The number of primary sulfonamides is 1. The highest BCUT2D eigenvalue weighted by Crippen LogP contribution is 2.30. The van der Waals surface area contributed by atoms with E-state index in [1.54, 1.807) is 12.1 Å². The molecule has 0 aliphatic heterocycles. The summed E-state index contributed by atoms with van der Waals surface area (Å²) in [6.45, 7) is 2.17. The number of rotatable bonds is 5. The number of hydrogen-bond donors (Lipinski definition) is 3. The Hall–Kier alpha value is -1.27. The van der Waals surface area contributed by atoms with E-state index in [0.29, 0.717) is 12.0 Å². The average molecular weight is 311 g/mol. The Morgan fingerprint density at radius 2 is 1.95 bits per heavy atom. The van der Waals surface area contributed by atoms with Gasteiger partial charge in [0.2, 0.25) is 10.0 Å². The SMILES string of the molecule is CCC(Nc1ccc(S(N)(=O)=O)c(N)c1)C1CCCCC1. The summed E-state index contributed by atoms with van der Waals surface area (Å²) in [5.41, 5.74) is 6.86. The van der Waals surface area contributed by atoms with Gasteiger partial charge in [0, 0.05) is 11.7 Å². The summed E-state index contributed by atoms with van der Waals surface area (Å²) >= 11 is 0. The van der Waals surface area contributed by atoms with Crippen molar-refractivity contribution in [3.63, 3.8) is 0 Å². The molecule has 1 aromatic carbocycles. The van der Waals surface area contributed by atoms with E-state index in [-0.39, 0.29) is 10.6 Å². The van der Waals surface area contributed by atoms with Gasteiger partial charge in [0.25, 0.3) is 0 Å². The number of benzene rings is 1. The number of nitrogens with two attached hydrogens (primary N) is 2. The third kappa shape index (κ3) is 4.11. The summed E-state index contributed by atoms with van der Waals surface area (Å²) < 4.78 is 22.7. The molecule has 1 aromatic rings. The molecule has 0 heterocycles. The van der Waals surface area contributed by atoms with Crippen LogP contribution in [0.15, 0.2) is 23.1 Å². The van der Waals surface area contributed by atoms with Crippen molar-refractivity contribution in [3.8, 4) is 0 Å². The lowest BCUT2D eigenvalue weighted by Gasteiger charge is -2.31. The van der Waals surface area contributed by atoms with Crippen molar-refractivity contribution in [2.24, 2.45) is 11.1 Å². The first-order chi connectivity index (χ1) is 9.91. The Morgan fingerprint density at radius 1 is 1.29 bits per heavy atom. The molecule has 0 amide bonds. The van der Waals surface area contributed by atoms with E-state index in [4.69, 9.17) is 10.9 Å². The lowest BCUT2D eigenvalue weighted by Crippen LogP contribution is -2.30. The summed E-state index contributed by atoms with van der Waals surface area (Å²) in [5.74, 6) is 0.683. The van der Waals surface area contributed by atoms with Gasteiger partial charge in [-0.25, -0.2) is 13.6 Å². The molecule has 1 fully saturated rings. The summed E-state index contributed by atoms with van der Waals surface area (Å²) in [5, 5.41) is 8.63. The first-order valence-electron chi connectivity index (χ1n) is 7.60. The van der Waals surface area contributed by atoms with Gasteiger partial charge >= 0.3 is 0 Å². The van der Waals surface area contributed by atoms with Crippen LogP contribution in [0, 0.1) is 5.92 Å². The number of anilines is 2. The minimum Gasteiger partial charge on any atom is -0.398 e. The van der Waals surface area contributed by atoms with Gasteiger partial charge in [0.05, 0.1) is 5.69 Å². The molecule has 0 radical (unpaired) electrons. The molecule has 21 heavy (non-hydrogen) atoms. The molecular formula is C15H25N3O2S. The molecule has 1 aliphatic carbocycles. The molecule has 0 bridgehead atoms. The van der Waals surface area contributed by atoms with Crippen LogP contribution in [0.1, 0.15) is 45.4 Å². The monoisotopic (exact) mass is 311 g/mol. The van der Waals surface area contributed by atoms with Gasteiger partial charge < -0.3 is 11.1 Å². The molecule has 1 aliphatic rings. The van der Waals surface area contributed by atoms with Crippen LogP contribution >= 0.6 is 0 Å². The molecule has 0 aromatic heterocycles. The summed E-state index contributed by atoms with van der Waals surface area (Å²) in [4.78, 5) is -0.0150. The average Bonchev–Trinajstić information content (AvgIpc) is 2.44. The molecule has 5 N–H and O–H groups in total. The van der Waals surface area contributed by atoms with Crippen LogP contribution in [0.3, 0.4) is 0 Å². The predicted octanol–water partition coefficient (Wildman–Crippen LogP) is 2.69. The minimum atomic E-state index is -3.76. The van der Waals surface area contributed by atoms with Crippen LogP contribution in [0.2, 0.25) is 0 Å². The highest BCUT2D eigenvalue weighted by Gasteiger charge is 2.22. The zero-order valence-corrected chi connectivity index (χ0v) is 13.3. The molecule has 1 atom stereocenters. The second-order valence-corrected chi connectivity index (χ2v) is 7.38. The van der Waals surface area contributed by atoms with E-state index in [9.17, 15) is 8.42 Å². The Bertz CT molecular complexity index is 581. The molecule has 1 unspecified atom stereocenters. The maximum atomic E-state index is 11.4. The van der Waals surface area contributed by atoms with E-state index < -0.39 is 10.0 Å². The number of hydrogen-bond acceptors (Lipinski definition) is 4. The van der Waals surface area contributed by atoms with Gasteiger partial charge in [-0.3, -0.25) is 0 Å². The van der Waals surface area contributed by atoms with Crippen LogP contribution in [0.5, 0.6) is 0 Å². The maximum Gasteiger partial charge on any atom is 0.240 e. The van der Waals surface area contributed by atoms with Crippen LogP contribution in [-0.4, -0.2) is 14.5 Å². The largest absolute Gasteiger partial charge is 0.398 e. The topological polar surface area (TPSA) is 98.2 Å². The van der Waals surface area contributed by atoms with Gasteiger partial charge in [-0.15, -0.1) is 0 Å². The fourth-order valence-corrected chi connectivity index (χ4v) is 3.85. The van der Waals surface area contributed by atoms with Gasteiger partial charge in [0.15, 0.2) is 0 Å². The van der Waals surface area contributed by atoms with Gasteiger partial charge in [0.1, 0.15) is 4.90 Å². The Labute approximate surface area is 127 Å². The second kappa shape index (κ2) is 6.66. The van der Waals surface area contributed by atoms with Crippen molar-refractivity contribution in [1.82, 2.24) is 0 Å². The third-order valence-corrected chi connectivity index (χ3v) is 5.31. The van der Waals surface area contributed by atoms with E-state index in [0.717, 1.165) is 12.1 Å². The van der Waals surface area contributed by atoms with Gasteiger partial charge in [-0.2, -0.15) is 0 Å². The van der Waals surface area contributed by atoms with Crippen LogP contribution in [0.4, 0.5) is 11.4 Å². The lowest BCUT2D eigenvalue weighted by atomic mass is 9.83. The highest BCUT2D eigenvalue weighted by atomic mass is 32.2. The summed E-state index contributed by atoms with van der Waals surface area (Å²) in [6, 6.07) is 5.28.